The average molecular weight is 238 g/mol. The number of alkyl halides is 3. The van der Waals surface area contributed by atoms with Crippen molar-refractivity contribution in [2.45, 2.75) is 6.18 Å². The van der Waals surface area contributed by atoms with Gasteiger partial charge in [0.15, 0.2) is 0 Å². The Morgan fingerprint density at radius 2 is 2.07 bits per heavy atom. The first-order chi connectivity index (χ1) is 6.48. The molecular formula is C8H3ClF3NS. The molecule has 14 heavy (non-hydrogen) atoms. The fourth-order valence-corrected chi connectivity index (χ4v) is 2.32. The van der Waals surface area contributed by atoms with Crippen molar-refractivity contribution >= 4 is 33.0 Å². The molecule has 0 aromatic carbocycles. The second-order valence-electron chi connectivity index (χ2n) is 2.65. The van der Waals surface area contributed by atoms with Crippen LogP contribution in [0.2, 0.25) is 5.15 Å². The number of aromatic nitrogens is 1. The van der Waals surface area contributed by atoms with E-state index in [0.29, 0.717) is 4.70 Å². The van der Waals surface area contributed by atoms with Gasteiger partial charge in [0.05, 0.1) is 5.56 Å². The molecule has 0 bridgehead atoms. The van der Waals surface area contributed by atoms with E-state index < -0.39 is 11.7 Å². The summed E-state index contributed by atoms with van der Waals surface area (Å²) >= 11 is 6.57. The molecule has 0 spiro atoms. The van der Waals surface area contributed by atoms with Gasteiger partial charge in [-0.05, 0) is 6.07 Å². The van der Waals surface area contributed by atoms with Crippen molar-refractivity contribution < 1.29 is 13.2 Å². The quantitative estimate of drug-likeness (QED) is 0.632. The Balaban J connectivity index is 2.70. The van der Waals surface area contributed by atoms with E-state index >= 15 is 0 Å². The summed E-state index contributed by atoms with van der Waals surface area (Å²) in [5.74, 6) is 0. The van der Waals surface area contributed by atoms with Gasteiger partial charge in [0.25, 0.3) is 0 Å². The van der Waals surface area contributed by atoms with Gasteiger partial charge in [-0.15, -0.1) is 11.3 Å². The van der Waals surface area contributed by atoms with Gasteiger partial charge in [0, 0.05) is 21.7 Å². The van der Waals surface area contributed by atoms with Crippen molar-refractivity contribution in [3.63, 3.8) is 0 Å². The molecule has 2 heterocycles. The molecule has 0 N–H and O–H groups in total. The summed E-state index contributed by atoms with van der Waals surface area (Å²) in [6, 6.07) is 1.43. The summed E-state index contributed by atoms with van der Waals surface area (Å²) in [5.41, 5.74) is -0.651. The van der Waals surface area contributed by atoms with E-state index in [4.69, 9.17) is 11.6 Å². The standard InChI is InChI=1S/C8H3ClF3NS/c9-7-1-6-4(2-13-7)5(3-14-6)8(10,11)12/h1-3H. The van der Waals surface area contributed by atoms with E-state index in [-0.39, 0.29) is 10.5 Å². The fraction of sp³-hybridized carbons (Fsp3) is 0.125. The Morgan fingerprint density at radius 1 is 1.36 bits per heavy atom. The number of rotatable bonds is 0. The van der Waals surface area contributed by atoms with Crippen LogP contribution in [0.25, 0.3) is 10.1 Å². The highest BCUT2D eigenvalue weighted by Crippen LogP contribution is 2.38. The van der Waals surface area contributed by atoms with Gasteiger partial charge in [-0.25, -0.2) is 4.98 Å². The van der Waals surface area contributed by atoms with Crippen molar-refractivity contribution in [2.24, 2.45) is 0 Å². The van der Waals surface area contributed by atoms with E-state index in [2.05, 4.69) is 4.98 Å². The molecule has 2 aromatic heterocycles. The molecule has 1 nitrogen and oxygen atoms in total. The highest BCUT2D eigenvalue weighted by atomic mass is 35.5. The minimum absolute atomic E-state index is 0.104. The van der Waals surface area contributed by atoms with E-state index in [1.54, 1.807) is 0 Å². The minimum atomic E-state index is -4.33. The normalized spacial score (nSPS) is 12.3. The maximum absolute atomic E-state index is 12.4. The maximum Gasteiger partial charge on any atom is 0.417 e. The molecule has 0 aliphatic rings. The SMILES string of the molecule is FC(F)(F)c1csc2cc(Cl)ncc12. The first kappa shape index (κ1) is 9.73. The minimum Gasteiger partial charge on any atom is -0.244 e. The molecule has 0 saturated carbocycles. The predicted molar refractivity (Wildman–Crippen MR) is 49.6 cm³/mol. The maximum atomic E-state index is 12.4. The summed E-state index contributed by atoms with van der Waals surface area (Å²) in [6.07, 6.45) is -3.18. The largest absolute Gasteiger partial charge is 0.417 e. The summed E-state index contributed by atoms with van der Waals surface area (Å²) < 4.78 is 37.7. The Labute approximate surface area is 86.1 Å². The van der Waals surface area contributed by atoms with Gasteiger partial charge in [-0.3, -0.25) is 0 Å². The van der Waals surface area contributed by atoms with E-state index in [1.807, 2.05) is 0 Å². The molecule has 74 valence electrons. The van der Waals surface area contributed by atoms with Crippen LogP contribution in [0.15, 0.2) is 17.6 Å². The van der Waals surface area contributed by atoms with Crippen molar-refractivity contribution in [3.8, 4) is 0 Å². The molecule has 0 atom stereocenters. The number of hydrogen-bond donors (Lipinski definition) is 0. The van der Waals surface area contributed by atoms with E-state index in [9.17, 15) is 13.2 Å². The first-order valence-electron chi connectivity index (χ1n) is 3.58. The molecular weight excluding hydrogens is 235 g/mol. The Morgan fingerprint density at radius 3 is 2.71 bits per heavy atom. The molecule has 0 aliphatic carbocycles. The van der Waals surface area contributed by atoms with E-state index in [1.165, 1.54) is 6.07 Å². The topological polar surface area (TPSA) is 12.9 Å². The van der Waals surface area contributed by atoms with Crippen LogP contribution >= 0.6 is 22.9 Å². The van der Waals surface area contributed by atoms with Crippen molar-refractivity contribution in [1.82, 2.24) is 4.98 Å². The number of halogens is 4. The van der Waals surface area contributed by atoms with Crippen LogP contribution in [0, 0.1) is 0 Å². The van der Waals surface area contributed by atoms with Gasteiger partial charge < -0.3 is 0 Å². The zero-order chi connectivity index (χ0) is 10.3. The summed E-state index contributed by atoms with van der Waals surface area (Å²) in [6.45, 7) is 0. The number of nitrogens with zero attached hydrogens (tertiary/aromatic N) is 1. The average Bonchev–Trinajstić information content (AvgIpc) is 2.45. The summed E-state index contributed by atoms with van der Waals surface area (Å²) in [7, 11) is 0. The van der Waals surface area contributed by atoms with Crippen molar-refractivity contribution in [2.75, 3.05) is 0 Å². The van der Waals surface area contributed by atoms with Gasteiger partial charge in [0.2, 0.25) is 0 Å². The molecule has 0 aliphatic heterocycles. The number of thiophene rings is 1. The van der Waals surface area contributed by atoms with Crippen LogP contribution < -0.4 is 0 Å². The monoisotopic (exact) mass is 237 g/mol. The van der Waals surface area contributed by atoms with Gasteiger partial charge in [0.1, 0.15) is 5.15 Å². The number of hydrogen-bond acceptors (Lipinski definition) is 2. The second kappa shape index (κ2) is 3.10. The highest BCUT2D eigenvalue weighted by molar-refractivity contribution is 7.17. The van der Waals surface area contributed by atoms with Crippen LogP contribution in [0.1, 0.15) is 5.56 Å². The van der Waals surface area contributed by atoms with Crippen LogP contribution in [0.5, 0.6) is 0 Å². The van der Waals surface area contributed by atoms with E-state index in [0.717, 1.165) is 22.9 Å². The fourth-order valence-electron chi connectivity index (χ4n) is 1.12. The Hall–Kier alpha value is -0.810. The molecule has 0 amide bonds. The van der Waals surface area contributed by atoms with Gasteiger partial charge in [-0.1, -0.05) is 11.6 Å². The highest BCUT2D eigenvalue weighted by Gasteiger charge is 2.33. The lowest BCUT2D eigenvalue weighted by Crippen LogP contribution is -2.03. The second-order valence-corrected chi connectivity index (χ2v) is 3.95. The predicted octanol–water partition coefficient (Wildman–Crippen LogP) is 3.97. The third-order valence-electron chi connectivity index (χ3n) is 1.73. The molecule has 0 saturated heterocycles. The lowest BCUT2D eigenvalue weighted by Gasteiger charge is -2.03. The zero-order valence-corrected chi connectivity index (χ0v) is 8.17. The molecule has 6 heteroatoms. The molecule has 2 rings (SSSR count). The number of fused-ring (bicyclic) bond motifs is 1. The van der Waals surface area contributed by atoms with Crippen molar-refractivity contribution in [3.05, 3.63) is 28.4 Å². The molecule has 0 radical (unpaired) electrons. The summed E-state index contributed by atoms with van der Waals surface area (Å²) in [5, 5.41) is 1.38. The third kappa shape index (κ3) is 1.57. The molecule has 0 fully saturated rings. The van der Waals surface area contributed by atoms with Gasteiger partial charge in [-0.2, -0.15) is 13.2 Å². The molecule has 2 aromatic rings. The Bertz CT molecular complexity index is 477. The third-order valence-corrected chi connectivity index (χ3v) is 2.88. The smallest absolute Gasteiger partial charge is 0.244 e. The van der Waals surface area contributed by atoms with Crippen LogP contribution in [-0.2, 0) is 6.18 Å². The van der Waals surface area contributed by atoms with Crippen molar-refractivity contribution in [1.29, 1.82) is 0 Å². The number of pyridine rings is 1. The zero-order valence-electron chi connectivity index (χ0n) is 6.60. The lowest BCUT2D eigenvalue weighted by molar-refractivity contribution is -0.136. The van der Waals surface area contributed by atoms with Crippen LogP contribution in [0.3, 0.4) is 0 Å². The van der Waals surface area contributed by atoms with Crippen LogP contribution in [-0.4, -0.2) is 4.98 Å². The lowest BCUT2D eigenvalue weighted by atomic mass is 10.2. The van der Waals surface area contributed by atoms with Crippen LogP contribution in [0.4, 0.5) is 13.2 Å². The first-order valence-corrected chi connectivity index (χ1v) is 4.84. The summed E-state index contributed by atoms with van der Waals surface area (Å²) in [4.78, 5) is 3.63. The molecule has 0 unspecified atom stereocenters. The van der Waals surface area contributed by atoms with Gasteiger partial charge >= 0.3 is 6.18 Å². The Kier molecular flexibility index (Phi) is 2.16.